The molecular weight excluding hydrogens is 270 g/mol. The lowest BCUT2D eigenvalue weighted by atomic mass is 10.1. The summed E-state index contributed by atoms with van der Waals surface area (Å²) in [4.78, 5) is 13.7. The van der Waals surface area contributed by atoms with E-state index in [9.17, 15) is 4.79 Å². The Labute approximate surface area is 137 Å². The molecule has 22 heavy (non-hydrogen) atoms. The molecule has 1 aliphatic rings. The van der Waals surface area contributed by atoms with Gasteiger partial charge in [-0.15, -0.1) is 0 Å². The SMILES string of the molecule is CC(C)=CCCC(C)=CCCC(C)=CCN1CCCCC1=O. The highest BCUT2D eigenvalue weighted by molar-refractivity contribution is 5.76. The van der Waals surface area contributed by atoms with Crippen molar-refractivity contribution >= 4 is 5.91 Å². The second kappa shape index (κ2) is 10.4. The number of nitrogens with zero attached hydrogens (tertiary/aromatic N) is 1. The molecular formula is C20H33NO. The van der Waals surface area contributed by atoms with Gasteiger partial charge < -0.3 is 4.90 Å². The lowest BCUT2D eigenvalue weighted by Crippen LogP contribution is -2.35. The van der Waals surface area contributed by atoms with Crippen LogP contribution in [0.3, 0.4) is 0 Å². The Bertz CT molecular complexity index is 439. The molecule has 1 heterocycles. The molecule has 0 aromatic heterocycles. The van der Waals surface area contributed by atoms with Gasteiger partial charge in [-0.25, -0.2) is 0 Å². The Kier molecular flexibility index (Phi) is 8.88. The minimum Gasteiger partial charge on any atom is -0.339 e. The Morgan fingerprint density at radius 2 is 1.59 bits per heavy atom. The van der Waals surface area contributed by atoms with Gasteiger partial charge in [0.2, 0.25) is 5.91 Å². The molecule has 1 fully saturated rings. The van der Waals surface area contributed by atoms with Crippen LogP contribution in [-0.4, -0.2) is 23.9 Å². The van der Waals surface area contributed by atoms with Gasteiger partial charge in [0.1, 0.15) is 0 Å². The van der Waals surface area contributed by atoms with Crippen LogP contribution in [-0.2, 0) is 4.79 Å². The van der Waals surface area contributed by atoms with E-state index in [0.29, 0.717) is 5.91 Å². The van der Waals surface area contributed by atoms with Crippen molar-refractivity contribution in [2.24, 2.45) is 0 Å². The number of amides is 1. The van der Waals surface area contributed by atoms with Crippen molar-refractivity contribution in [3.63, 3.8) is 0 Å². The molecule has 1 saturated heterocycles. The minimum absolute atomic E-state index is 0.324. The third-order valence-corrected chi connectivity index (χ3v) is 4.20. The van der Waals surface area contributed by atoms with Gasteiger partial charge >= 0.3 is 0 Å². The lowest BCUT2D eigenvalue weighted by Gasteiger charge is -2.25. The van der Waals surface area contributed by atoms with Crippen molar-refractivity contribution < 1.29 is 4.79 Å². The number of carbonyl (C=O) groups excluding carboxylic acids is 1. The number of hydrogen-bond donors (Lipinski definition) is 0. The predicted octanol–water partition coefficient (Wildman–Crippen LogP) is 5.42. The molecule has 0 aromatic carbocycles. The molecule has 0 unspecified atom stereocenters. The van der Waals surface area contributed by atoms with E-state index in [-0.39, 0.29) is 0 Å². The van der Waals surface area contributed by atoms with E-state index in [0.717, 1.165) is 58.0 Å². The van der Waals surface area contributed by atoms with Crippen LogP contribution in [0.4, 0.5) is 0 Å². The molecule has 0 bridgehead atoms. The van der Waals surface area contributed by atoms with Gasteiger partial charge in [-0.05, 0) is 66.2 Å². The van der Waals surface area contributed by atoms with Gasteiger partial charge in [-0.3, -0.25) is 4.79 Å². The van der Waals surface area contributed by atoms with Crippen LogP contribution in [0.15, 0.2) is 34.9 Å². The summed E-state index contributed by atoms with van der Waals surface area (Å²) in [6.45, 7) is 10.4. The largest absolute Gasteiger partial charge is 0.339 e. The van der Waals surface area contributed by atoms with Crippen LogP contribution < -0.4 is 0 Å². The average molecular weight is 303 g/mol. The van der Waals surface area contributed by atoms with Crippen molar-refractivity contribution in [1.82, 2.24) is 4.90 Å². The molecule has 1 rings (SSSR count). The Balaban J connectivity index is 2.26. The van der Waals surface area contributed by atoms with Gasteiger partial charge in [0, 0.05) is 19.5 Å². The summed E-state index contributed by atoms with van der Waals surface area (Å²) in [6.07, 6.45) is 14.4. The van der Waals surface area contributed by atoms with Gasteiger partial charge in [0.05, 0.1) is 0 Å². The maximum absolute atomic E-state index is 11.7. The molecule has 1 aliphatic heterocycles. The van der Waals surface area contributed by atoms with Crippen LogP contribution in [0, 0.1) is 0 Å². The van der Waals surface area contributed by atoms with E-state index < -0.39 is 0 Å². The highest BCUT2D eigenvalue weighted by Crippen LogP contribution is 2.13. The van der Waals surface area contributed by atoms with Crippen LogP contribution in [0.25, 0.3) is 0 Å². The van der Waals surface area contributed by atoms with Gasteiger partial charge in [0.15, 0.2) is 0 Å². The maximum Gasteiger partial charge on any atom is 0.222 e. The van der Waals surface area contributed by atoms with Crippen molar-refractivity contribution in [3.05, 3.63) is 34.9 Å². The Hall–Kier alpha value is -1.31. The molecule has 0 spiro atoms. The Morgan fingerprint density at radius 3 is 2.23 bits per heavy atom. The van der Waals surface area contributed by atoms with E-state index in [1.54, 1.807) is 0 Å². The standard InChI is InChI=1S/C20H33NO/c1-17(2)9-7-10-18(3)11-8-12-19(4)14-16-21-15-6-5-13-20(21)22/h9,11,14H,5-8,10,12-13,15-16H2,1-4H3. The fraction of sp³-hybridized carbons (Fsp3) is 0.650. The van der Waals surface area contributed by atoms with Gasteiger partial charge in [-0.2, -0.15) is 0 Å². The summed E-state index contributed by atoms with van der Waals surface area (Å²) < 4.78 is 0. The number of rotatable bonds is 8. The van der Waals surface area contributed by atoms with Crippen molar-refractivity contribution in [2.75, 3.05) is 13.1 Å². The van der Waals surface area contributed by atoms with Crippen molar-refractivity contribution in [3.8, 4) is 0 Å². The Morgan fingerprint density at radius 1 is 0.955 bits per heavy atom. The molecule has 0 atom stereocenters. The molecule has 0 aliphatic carbocycles. The zero-order chi connectivity index (χ0) is 16.4. The number of piperidine rings is 1. The minimum atomic E-state index is 0.324. The molecule has 2 heteroatoms. The second-order valence-electron chi connectivity index (χ2n) is 6.76. The van der Waals surface area contributed by atoms with E-state index >= 15 is 0 Å². The first-order valence-corrected chi connectivity index (χ1v) is 8.71. The van der Waals surface area contributed by atoms with Gasteiger partial charge in [-0.1, -0.05) is 34.9 Å². The summed E-state index contributed by atoms with van der Waals surface area (Å²) in [5.74, 6) is 0.324. The summed E-state index contributed by atoms with van der Waals surface area (Å²) in [5.41, 5.74) is 4.28. The molecule has 0 N–H and O–H groups in total. The van der Waals surface area contributed by atoms with Crippen LogP contribution in [0.2, 0.25) is 0 Å². The molecule has 0 saturated carbocycles. The van der Waals surface area contributed by atoms with E-state index in [1.165, 1.54) is 16.7 Å². The molecule has 0 radical (unpaired) electrons. The first-order valence-electron chi connectivity index (χ1n) is 8.71. The summed E-state index contributed by atoms with van der Waals surface area (Å²) in [6, 6.07) is 0. The summed E-state index contributed by atoms with van der Waals surface area (Å²) in [7, 11) is 0. The zero-order valence-corrected chi connectivity index (χ0v) is 15.0. The average Bonchev–Trinajstić information content (AvgIpc) is 2.46. The van der Waals surface area contributed by atoms with Gasteiger partial charge in [0.25, 0.3) is 0 Å². The number of allylic oxidation sites excluding steroid dienone is 5. The van der Waals surface area contributed by atoms with Crippen molar-refractivity contribution in [1.29, 1.82) is 0 Å². The third kappa shape index (κ3) is 8.21. The van der Waals surface area contributed by atoms with Crippen LogP contribution in [0.1, 0.15) is 72.6 Å². The highest BCUT2D eigenvalue weighted by atomic mass is 16.2. The quantitative estimate of drug-likeness (QED) is 0.548. The fourth-order valence-electron chi connectivity index (χ4n) is 2.66. The second-order valence-corrected chi connectivity index (χ2v) is 6.76. The number of carbonyl (C=O) groups is 1. The first kappa shape index (κ1) is 18.7. The van der Waals surface area contributed by atoms with E-state index in [4.69, 9.17) is 0 Å². The van der Waals surface area contributed by atoms with E-state index in [1.807, 2.05) is 4.90 Å². The molecule has 0 aromatic rings. The monoisotopic (exact) mass is 303 g/mol. The number of likely N-dealkylation sites (tertiary alicyclic amines) is 1. The normalized spacial score (nSPS) is 16.9. The maximum atomic E-state index is 11.7. The lowest BCUT2D eigenvalue weighted by molar-refractivity contribution is -0.132. The zero-order valence-electron chi connectivity index (χ0n) is 15.0. The highest BCUT2D eigenvalue weighted by Gasteiger charge is 2.16. The molecule has 2 nitrogen and oxygen atoms in total. The fourth-order valence-corrected chi connectivity index (χ4v) is 2.66. The summed E-state index contributed by atoms with van der Waals surface area (Å²) >= 11 is 0. The third-order valence-electron chi connectivity index (χ3n) is 4.20. The van der Waals surface area contributed by atoms with Crippen molar-refractivity contribution in [2.45, 2.75) is 72.6 Å². The molecule has 124 valence electrons. The summed E-state index contributed by atoms with van der Waals surface area (Å²) in [5, 5.41) is 0. The smallest absolute Gasteiger partial charge is 0.222 e. The van der Waals surface area contributed by atoms with Crippen LogP contribution >= 0.6 is 0 Å². The van der Waals surface area contributed by atoms with Crippen LogP contribution in [0.5, 0.6) is 0 Å². The predicted molar refractivity (Wildman–Crippen MR) is 95.8 cm³/mol. The first-order chi connectivity index (χ1) is 10.5. The number of hydrogen-bond acceptors (Lipinski definition) is 1. The molecule has 1 amide bonds. The topological polar surface area (TPSA) is 20.3 Å². The van der Waals surface area contributed by atoms with E-state index in [2.05, 4.69) is 45.9 Å².